The van der Waals surface area contributed by atoms with Gasteiger partial charge in [-0.3, -0.25) is 4.79 Å². The zero-order chi connectivity index (χ0) is 13.8. The van der Waals surface area contributed by atoms with Crippen LogP contribution in [0.2, 0.25) is 0 Å². The summed E-state index contributed by atoms with van der Waals surface area (Å²) >= 11 is 3.03. The van der Waals surface area contributed by atoms with Crippen molar-refractivity contribution >= 4 is 21.8 Å². The summed E-state index contributed by atoms with van der Waals surface area (Å²) in [5, 5.41) is 6.34. The van der Waals surface area contributed by atoms with Crippen molar-refractivity contribution in [1.29, 1.82) is 0 Å². The zero-order valence-corrected chi connectivity index (χ0v) is 11.7. The number of rotatable bonds is 4. The van der Waals surface area contributed by atoms with Crippen molar-refractivity contribution in [3.8, 4) is 0 Å². The van der Waals surface area contributed by atoms with Crippen LogP contribution in [-0.4, -0.2) is 22.6 Å². The zero-order valence-electron chi connectivity index (χ0n) is 10.1. The minimum absolute atomic E-state index is 0.257. The van der Waals surface area contributed by atoms with Gasteiger partial charge in [0.15, 0.2) is 5.82 Å². The maximum absolute atomic E-state index is 13.0. The monoisotopic (exact) mass is 327 g/mol. The van der Waals surface area contributed by atoms with Crippen LogP contribution >= 0.6 is 15.9 Å². The first kappa shape index (κ1) is 13.7. The first-order valence-electron chi connectivity index (χ1n) is 5.58. The van der Waals surface area contributed by atoms with E-state index >= 15 is 0 Å². The molecule has 0 saturated heterocycles. The predicted octanol–water partition coefficient (Wildman–Crippen LogP) is 2.25. The SMILES string of the molecule is Cc1noc(CCNC(=O)c2ccc(F)c(Br)c2)n1. The summed E-state index contributed by atoms with van der Waals surface area (Å²) in [6, 6.07) is 4.09. The van der Waals surface area contributed by atoms with Crippen molar-refractivity contribution < 1.29 is 13.7 Å². The quantitative estimate of drug-likeness (QED) is 0.935. The molecule has 0 spiro atoms. The lowest BCUT2D eigenvalue weighted by Crippen LogP contribution is -2.25. The molecule has 0 saturated carbocycles. The van der Waals surface area contributed by atoms with E-state index < -0.39 is 5.82 Å². The Morgan fingerprint density at radius 3 is 2.95 bits per heavy atom. The Hall–Kier alpha value is -1.76. The van der Waals surface area contributed by atoms with Crippen LogP contribution in [-0.2, 0) is 6.42 Å². The van der Waals surface area contributed by atoms with Gasteiger partial charge in [-0.15, -0.1) is 0 Å². The molecule has 1 N–H and O–H groups in total. The molecule has 0 atom stereocenters. The molecular formula is C12H11BrFN3O2. The fourth-order valence-electron chi connectivity index (χ4n) is 1.46. The molecule has 0 aliphatic carbocycles. The van der Waals surface area contributed by atoms with Gasteiger partial charge in [0.05, 0.1) is 4.47 Å². The van der Waals surface area contributed by atoms with Crippen molar-refractivity contribution in [2.45, 2.75) is 13.3 Å². The topological polar surface area (TPSA) is 68.0 Å². The Morgan fingerprint density at radius 1 is 1.53 bits per heavy atom. The molecule has 0 aliphatic heterocycles. The summed E-state index contributed by atoms with van der Waals surface area (Å²) in [6.07, 6.45) is 0.453. The van der Waals surface area contributed by atoms with E-state index in [2.05, 4.69) is 31.4 Å². The maximum atomic E-state index is 13.0. The van der Waals surface area contributed by atoms with E-state index in [4.69, 9.17) is 4.52 Å². The molecule has 1 aromatic heterocycles. The Labute approximate surface area is 117 Å². The van der Waals surface area contributed by atoms with Crippen molar-refractivity contribution in [3.05, 3.63) is 45.8 Å². The Kier molecular flexibility index (Phi) is 4.26. The highest BCUT2D eigenvalue weighted by molar-refractivity contribution is 9.10. The molecule has 7 heteroatoms. The fourth-order valence-corrected chi connectivity index (χ4v) is 1.84. The molecular weight excluding hydrogens is 317 g/mol. The van der Waals surface area contributed by atoms with Crippen LogP contribution in [0.3, 0.4) is 0 Å². The van der Waals surface area contributed by atoms with Crippen LogP contribution in [0.15, 0.2) is 27.2 Å². The Balaban J connectivity index is 1.89. The Bertz CT molecular complexity index is 600. The minimum atomic E-state index is -0.405. The number of benzene rings is 1. The molecule has 1 amide bonds. The molecule has 0 bridgehead atoms. The summed E-state index contributed by atoms with van der Waals surface area (Å²) in [5.41, 5.74) is 0.384. The standard InChI is InChI=1S/C12H11BrFN3O2/c1-7-16-11(19-17-7)4-5-15-12(18)8-2-3-10(14)9(13)6-8/h2-3,6H,4-5H2,1H3,(H,15,18). The third-order valence-corrected chi connectivity index (χ3v) is 2.98. The van der Waals surface area contributed by atoms with E-state index in [-0.39, 0.29) is 10.4 Å². The molecule has 100 valence electrons. The molecule has 0 radical (unpaired) electrons. The lowest BCUT2D eigenvalue weighted by atomic mass is 10.2. The van der Waals surface area contributed by atoms with Gasteiger partial charge in [-0.2, -0.15) is 4.98 Å². The van der Waals surface area contributed by atoms with Crippen LogP contribution in [0.1, 0.15) is 22.1 Å². The molecule has 5 nitrogen and oxygen atoms in total. The van der Waals surface area contributed by atoms with Gasteiger partial charge >= 0.3 is 0 Å². The molecule has 19 heavy (non-hydrogen) atoms. The summed E-state index contributed by atoms with van der Waals surface area (Å²) in [7, 11) is 0. The minimum Gasteiger partial charge on any atom is -0.352 e. The van der Waals surface area contributed by atoms with Gasteiger partial charge < -0.3 is 9.84 Å². The number of hydrogen-bond donors (Lipinski definition) is 1. The van der Waals surface area contributed by atoms with Gasteiger partial charge in [-0.1, -0.05) is 5.16 Å². The summed E-state index contributed by atoms with van der Waals surface area (Å²) < 4.78 is 18.2. The first-order valence-corrected chi connectivity index (χ1v) is 6.38. The van der Waals surface area contributed by atoms with Crippen molar-refractivity contribution in [2.24, 2.45) is 0 Å². The number of nitrogens with one attached hydrogen (secondary N) is 1. The van der Waals surface area contributed by atoms with Gasteiger partial charge in [0.2, 0.25) is 5.89 Å². The van der Waals surface area contributed by atoms with Gasteiger partial charge in [0.25, 0.3) is 5.91 Å². The van der Waals surface area contributed by atoms with Gasteiger partial charge in [0, 0.05) is 18.5 Å². The third-order valence-electron chi connectivity index (χ3n) is 2.38. The molecule has 0 fully saturated rings. The van der Waals surface area contributed by atoms with Gasteiger partial charge in [0.1, 0.15) is 5.82 Å². The fraction of sp³-hybridized carbons (Fsp3) is 0.250. The van der Waals surface area contributed by atoms with E-state index in [1.807, 2.05) is 0 Å². The molecule has 1 heterocycles. The lowest BCUT2D eigenvalue weighted by Gasteiger charge is -2.04. The number of aromatic nitrogens is 2. The summed E-state index contributed by atoms with van der Waals surface area (Å²) in [4.78, 5) is 15.8. The molecule has 2 rings (SSSR count). The molecule has 1 aromatic carbocycles. The first-order chi connectivity index (χ1) is 9.06. The average Bonchev–Trinajstić information content (AvgIpc) is 2.78. The number of hydrogen-bond acceptors (Lipinski definition) is 4. The second-order valence-electron chi connectivity index (χ2n) is 3.87. The average molecular weight is 328 g/mol. The van der Waals surface area contributed by atoms with Crippen LogP contribution in [0, 0.1) is 12.7 Å². The predicted molar refractivity (Wildman–Crippen MR) is 69.2 cm³/mol. The van der Waals surface area contributed by atoms with Crippen molar-refractivity contribution in [1.82, 2.24) is 15.5 Å². The third kappa shape index (κ3) is 3.60. The highest BCUT2D eigenvalue weighted by Gasteiger charge is 2.09. The van der Waals surface area contributed by atoms with E-state index in [9.17, 15) is 9.18 Å². The van der Waals surface area contributed by atoms with E-state index in [0.717, 1.165) is 0 Å². The lowest BCUT2D eigenvalue weighted by molar-refractivity contribution is 0.0953. The highest BCUT2D eigenvalue weighted by atomic mass is 79.9. The number of carbonyl (C=O) groups excluding carboxylic acids is 1. The van der Waals surface area contributed by atoms with E-state index in [1.54, 1.807) is 6.92 Å². The largest absolute Gasteiger partial charge is 0.352 e. The normalized spacial score (nSPS) is 10.5. The van der Waals surface area contributed by atoms with Gasteiger partial charge in [-0.25, -0.2) is 4.39 Å². The number of halogens is 2. The maximum Gasteiger partial charge on any atom is 0.251 e. The Morgan fingerprint density at radius 2 is 2.32 bits per heavy atom. The van der Waals surface area contributed by atoms with E-state index in [0.29, 0.717) is 30.2 Å². The highest BCUT2D eigenvalue weighted by Crippen LogP contribution is 2.16. The van der Waals surface area contributed by atoms with Crippen LogP contribution in [0.4, 0.5) is 4.39 Å². The second kappa shape index (κ2) is 5.92. The molecule has 2 aromatic rings. The van der Waals surface area contributed by atoms with Crippen molar-refractivity contribution in [2.75, 3.05) is 6.54 Å². The number of carbonyl (C=O) groups is 1. The molecule has 0 unspecified atom stereocenters. The summed E-state index contributed by atoms with van der Waals surface area (Å²) in [6.45, 7) is 2.09. The number of amides is 1. The van der Waals surface area contributed by atoms with Crippen molar-refractivity contribution in [3.63, 3.8) is 0 Å². The van der Waals surface area contributed by atoms with Crippen LogP contribution in [0.25, 0.3) is 0 Å². The smallest absolute Gasteiger partial charge is 0.251 e. The number of nitrogens with zero attached hydrogens (tertiary/aromatic N) is 2. The second-order valence-corrected chi connectivity index (χ2v) is 4.72. The van der Waals surface area contributed by atoms with Gasteiger partial charge in [-0.05, 0) is 41.1 Å². The van der Waals surface area contributed by atoms with E-state index in [1.165, 1.54) is 18.2 Å². The van der Waals surface area contributed by atoms with Crippen LogP contribution < -0.4 is 5.32 Å². The number of aryl methyl sites for hydroxylation is 1. The molecule has 0 aliphatic rings. The van der Waals surface area contributed by atoms with Crippen LogP contribution in [0.5, 0.6) is 0 Å². The summed E-state index contributed by atoms with van der Waals surface area (Å²) in [5.74, 6) is 0.344.